The van der Waals surface area contributed by atoms with Crippen molar-refractivity contribution in [1.29, 1.82) is 0 Å². The summed E-state index contributed by atoms with van der Waals surface area (Å²) >= 11 is 0. The van der Waals surface area contributed by atoms with Gasteiger partial charge in [0.15, 0.2) is 11.5 Å². The molecule has 0 fully saturated rings. The summed E-state index contributed by atoms with van der Waals surface area (Å²) in [7, 11) is 0. The highest BCUT2D eigenvalue weighted by Crippen LogP contribution is 2.34. The van der Waals surface area contributed by atoms with E-state index in [0.717, 1.165) is 23.3 Å². The van der Waals surface area contributed by atoms with E-state index < -0.39 is 0 Å². The highest BCUT2D eigenvalue weighted by atomic mass is 19.1. The van der Waals surface area contributed by atoms with Crippen molar-refractivity contribution < 1.29 is 18.7 Å². The van der Waals surface area contributed by atoms with Gasteiger partial charge in [0.25, 0.3) is 0 Å². The largest absolute Gasteiger partial charge is 0.490 e. The number of nitrogens with one attached hydrogen (secondary N) is 1. The zero-order chi connectivity index (χ0) is 20.8. The molecule has 2 aromatic rings. The monoisotopic (exact) mass is 400 g/mol. The molecule has 0 bridgehead atoms. The van der Waals surface area contributed by atoms with Gasteiger partial charge in [-0.25, -0.2) is 9.18 Å². The highest BCUT2D eigenvalue weighted by molar-refractivity contribution is 5.74. The van der Waals surface area contributed by atoms with E-state index in [1.54, 1.807) is 11.0 Å². The van der Waals surface area contributed by atoms with E-state index in [1.165, 1.54) is 12.1 Å². The van der Waals surface area contributed by atoms with E-state index in [9.17, 15) is 9.18 Å². The molecule has 6 heteroatoms. The lowest BCUT2D eigenvalue weighted by atomic mass is 9.95. The van der Waals surface area contributed by atoms with Crippen LogP contribution in [0.25, 0.3) is 0 Å². The number of benzene rings is 2. The first kappa shape index (κ1) is 21.0. The zero-order valence-corrected chi connectivity index (χ0v) is 17.3. The van der Waals surface area contributed by atoms with Crippen LogP contribution in [-0.4, -0.2) is 30.7 Å². The van der Waals surface area contributed by atoms with Gasteiger partial charge in [-0.2, -0.15) is 0 Å². The Morgan fingerprint density at radius 2 is 1.90 bits per heavy atom. The van der Waals surface area contributed by atoms with Gasteiger partial charge in [-0.1, -0.05) is 32.0 Å². The molecule has 1 atom stereocenters. The number of nitrogens with zero attached hydrogens (tertiary/aromatic N) is 1. The van der Waals surface area contributed by atoms with Gasteiger partial charge in [0.2, 0.25) is 0 Å². The highest BCUT2D eigenvalue weighted by Gasteiger charge is 2.23. The topological polar surface area (TPSA) is 50.8 Å². The molecule has 1 N–H and O–H groups in total. The number of fused-ring (bicyclic) bond motifs is 1. The van der Waals surface area contributed by atoms with Gasteiger partial charge in [-0.15, -0.1) is 0 Å². The minimum absolute atomic E-state index is 0.177. The predicted molar refractivity (Wildman–Crippen MR) is 111 cm³/mol. The molecular formula is C23H29FN2O3. The number of amides is 2. The van der Waals surface area contributed by atoms with Gasteiger partial charge < -0.3 is 19.7 Å². The average molecular weight is 400 g/mol. The van der Waals surface area contributed by atoms with Crippen LogP contribution in [0.5, 0.6) is 11.5 Å². The smallest absolute Gasteiger partial charge is 0.318 e. The van der Waals surface area contributed by atoms with Crippen molar-refractivity contribution in [3.63, 3.8) is 0 Å². The van der Waals surface area contributed by atoms with Gasteiger partial charge >= 0.3 is 6.03 Å². The molecule has 0 radical (unpaired) electrons. The Kier molecular flexibility index (Phi) is 6.96. The van der Waals surface area contributed by atoms with Crippen LogP contribution in [-0.2, 0) is 6.54 Å². The molecule has 0 saturated carbocycles. The third kappa shape index (κ3) is 5.40. The first-order valence-electron chi connectivity index (χ1n) is 10.2. The first-order valence-corrected chi connectivity index (χ1v) is 10.2. The maximum Gasteiger partial charge on any atom is 0.318 e. The van der Waals surface area contributed by atoms with Crippen LogP contribution < -0.4 is 14.8 Å². The molecule has 3 rings (SSSR count). The van der Waals surface area contributed by atoms with E-state index in [2.05, 4.69) is 19.2 Å². The standard InChI is InChI=1S/C23H29FN2O3/c1-4-26(15-17-7-5-8-19(24)13-17)23(27)25-22(16(2)3)18-9-10-20-21(14-18)29-12-6-11-28-20/h5,7-10,13-14,16,22H,4,6,11-12,15H2,1-3H3,(H,25,27). The molecule has 0 saturated heterocycles. The minimum Gasteiger partial charge on any atom is -0.490 e. The molecule has 1 aliphatic rings. The lowest BCUT2D eigenvalue weighted by Gasteiger charge is -2.28. The Labute approximate surface area is 171 Å². The van der Waals surface area contributed by atoms with Crippen LogP contribution in [0, 0.1) is 11.7 Å². The maximum atomic E-state index is 13.5. The van der Waals surface area contributed by atoms with Crippen molar-refractivity contribution in [2.24, 2.45) is 5.92 Å². The van der Waals surface area contributed by atoms with Crippen molar-refractivity contribution >= 4 is 6.03 Å². The summed E-state index contributed by atoms with van der Waals surface area (Å²) in [5, 5.41) is 3.14. The Balaban J connectivity index is 1.75. The predicted octanol–water partition coefficient (Wildman–Crippen LogP) is 4.92. The van der Waals surface area contributed by atoms with E-state index in [1.807, 2.05) is 31.2 Å². The van der Waals surface area contributed by atoms with Crippen LogP contribution in [0.3, 0.4) is 0 Å². The zero-order valence-electron chi connectivity index (χ0n) is 17.3. The Hall–Kier alpha value is -2.76. The summed E-state index contributed by atoms with van der Waals surface area (Å²) < 4.78 is 25.0. The van der Waals surface area contributed by atoms with Crippen LogP contribution in [0.15, 0.2) is 42.5 Å². The average Bonchev–Trinajstić information content (AvgIpc) is 2.94. The first-order chi connectivity index (χ1) is 14.0. The molecule has 0 spiro atoms. The molecular weight excluding hydrogens is 371 g/mol. The molecule has 2 aromatic carbocycles. The van der Waals surface area contributed by atoms with Gasteiger partial charge in [0.05, 0.1) is 19.3 Å². The summed E-state index contributed by atoms with van der Waals surface area (Å²) in [4.78, 5) is 14.6. The fraction of sp³-hybridized carbons (Fsp3) is 0.435. The minimum atomic E-state index is -0.300. The number of halogens is 1. The summed E-state index contributed by atoms with van der Waals surface area (Å²) in [5.41, 5.74) is 1.73. The number of carbonyl (C=O) groups excluding carboxylic acids is 1. The summed E-state index contributed by atoms with van der Waals surface area (Å²) in [6.07, 6.45) is 0.847. The number of rotatable bonds is 6. The number of hydrogen-bond donors (Lipinski definition) is 1. The summed E-state index contributed by atoms with van der Waals surface area (Å²) in [6.45, 7) is 8.18. The van der Waals surface area contributed by atoms with E-state index in [4.69, 9.17) is 9.47 Å². The van der Waals surface area contributed by atoms with Crippen molar-refractivity contribution in [3.05, 3.63) is 59.4 Å². The van der Waals surface area contributed by atoms with Crippen LogP contribution in [0.4, 0.5) is 9.18 Å². The summed E-state index contributed by atoms with van der Waals surface area (Å²) in [6, 6.07) is 11.8. The fourth-order valence-corrected chi connectivity index (χ4v) is 3.42. The molecule has 1 heterocycles. The molecule has 1 unspecified atom stereocenters. The van der Waals surface area contributed by atoms with E-state index in [0.29, 0.717) is 32.1 Å². The second kappa shape index (κ2) is 9.63. The number of urea groups is 1. The molecule has 0 aromatic heterocycles. The fourth-order valence-electron chi connectivity index (χ4n) is 3.42. The van der Waals surface area contributed by atoms with E-state index in [-0.39, 0.29) is 23.8 Å². The van der Waals surface area contributed by atoms with Crippen molar-refractivity contribution in [2.75, 3.05) is 19.8 Å². The maximum absolute atomic E-state index is 13.5. The van der Waals surface area contributed by atoms with Gasteiger partial charge in [-0.3, -0.25) is 0 Å². The van der Waals surface area contributed by atoms with Crippen molar-refractivity contribution in [3.8, 4) is 11.5 Å². The molecule has 2 amide bonds. The molecule has 1 aliphatic heterocycles. The van der Waals surface area contributed by atoms with Crippen molar-refractivity contribution in [1.82, 2.24) is 10.2 Å². The number of hydrogen-bond acceptors (Lipinski definition) is 3. The van der Waals surface area contributed by atoms with Gasteiger partial charge in [0.1, 0.15) is 5.82 Å². The normalized spacial score (nSPS) is 14.2. The Morgan fingerprint density at radius 3 is 2.59 bits per heavy atom. The number of carbonyl (C=O) groups is 1. The second-order valence-corrected chi connectivity index (χ2v) is 7.57. The van der Waals surface area contributed by atoms with E-state index >= 15 is 0 Å². The molecule has 29 heavy (non-hydrogen) atoms. The van der Waals surface area contributed by atoms with Gasteiger partial charge in [0, 0.05) is 19.5 Å². The van der Waals surface area contributed by atoms with Crippen molar-refractivity contribution in [2.45, 2.75) is 39.8 Å². The second-order valence-electron chi connectivity index (χ2n) is 7.57. The molecule has 5 nitrogen and oxygen atoms in total. The van der Waals surface area contributed by atoms with Crippen LogP contribution in [0.1, 0.15) is 44.4 Å². The third-order valence-electron chi connectivity index (χ3n) is 5.01. The Morgan fingerprint density at radius 1 is 1.14 bits per heavy atom. The van der Waals surface area contributed by atoms with Crippen LogP contribution in [0.2, 0.25) is 0 Å². The van der Waals surface area contributed by atoms with Crippen LogP contribution >= 0.6 is 0 Å². The SMILES string of the molecule is CCN(Cc1cccc(F)c1)C(=O)NC(c1ccc2c(c1)OCCCO2)C(C)C. The molecule has 0 aliphatic carbocycles. The Bertz CT molecular complexity index is 841. The molecule has 156 valence electrons. The van der Waals surface area contributed by atoms with Gasteiger partial charge in [-0.05, 0) is 48.2 Å². The summed E-state index contributed by atoms with van der Waals surface area (Å²) in [5.74, 6) is 1.33. The lowest BCUT2D eigenvalue weighted by Crippen LogP contribution is -2.42. The quantitative estimate of drug-likeness (QED) is 0.749. The lowest BCUT2D eigenvalue weighted by molar-refractivity contribution is 0.190. The third-order valence-corrected chi connectivity index (χ3v) is 5.01. The number of ether oxygens (including phenoxy) is 2.